The van der Waals surface area contributed by atoms with E-state index < -0.39 is 0 Å². The number of hydrogen-bond donors (Lipinski definition) is 2. The van der Waals surface area contributed by atoms with Crippen LogP contribution in [0.3, 0.4) is 0 Å². The third kappa shape index (κ3) is 6.38. The molecule has 2 heterocycles. The molecule has 3 rings (SSSR count). The molecule has 1 saturated heterocycles. The average Bonchev–Trinajstić information content (AvgIpc) is 3.24. The first-order valence-electron chi connectivity index (χ1n) is 11.2. The van der Waals surface area contributed by atoms with Crippen molar-refractivity contribution in [2.45, 2.75) is 45.6 Å². The quantitative estimate of drug-likeness (QED) is 0.619. The number of hydrogen-bond acceptors (Lipinski definition) is 5. The standard InChI is InChI=1S/C23H33N5O4/c1-4-12-31-20-7-6-19(14-21(20)32-13-5-2)26-23(30)28-10-8-18(9-11-28)25-22(29)17-15-24-27(3)16-17/h6-7,14-16,18H,4-5,8-13H2,1-3H3,(H,25,29)(H,26,30). The molecule has 0 radical (unpaired) electrons. The number of anilines is 1. The number of amides is 3. The summed E-state index contributed by atoms with van der Waals surface area (Å²) < 4.78 is 13.2. The van der Waals surface area contributed by atoms with E-state index >= 15 is 0 Å². The van der Waals surface area contributed by atoms with E-state index in [1.54, 1.807) is 35.1 Å². The van der Waals surface area contributed by atoms with Gasteiger partial charge in [-0.2, -0.15) is 5.10 Å². The van der Waals surface area contributed by atoms with Crippen molar-refractivity contribution in [2.75, 3.05) is 31.6 Å². The van der Waals surface area contributed by atoms with Crippen molar-refractivity contribution in [1.82, 2.24) is 20.0 Å². The largest absolute Gasteiger partial charge is 0.490 e. The molecule has 3 amide bonds. The minimum atomic E-state index is -0.161. The highest BCUT2D eigenvalue weighted by Gasteiger charge is 2.24. The molecule has 174 valence electrons. The lowest BCUT2D eigenvalue weighted by Gasteiger charge is -2.32. The van der Waals surface area contributed by atoms with E-state index in [0.29, 0.717) is 61.9 Å². The average molecular weight is 444 g/mol. The summed E-state index contributed by atoms with van der Waals surface area (Å²) in [5.41, 5.74) is 1.21. The normalized spacial score (nSPS) is 14.2. The number of ether oxygens (including phenoxy) is 2. The van der Waals surface area contributed by atoms with E-state index in [-0.39, 0.29) is 18.0 Å². The van der Waals surface area contributed by atoms with Crippen LogP contribution in [0, 0.1) is 0 Å². The molecule has 0 bridgehead atoms. The van der Waals surface area contributed by atoms with E-state index in [1.165, 1.54) is 0 Å². The maximum atomic E-state index is 12.7. The highest BCUT2D eigenvalue weighted by Crippen LogP contribution is 2.31. The predicted octanol–water partition coefficient (Wildman–Crippen LogP) is 3.42. The van der Waals surface area contributed by atoms with Crippen molar-refractivity contribution in [3.05, 3.63) is 36.2 Å². The van der Waals surface area contributed by atoms with Crippen molar-refractivity contribution in [1.29, 1.82) is 0 Å². The van der Waals surface area contributed by atoms with Crippen molar-refractivity contribution in [2.24, 2.45) is 7.05 Å². The Morgan fingerprint density at radius 2 is 1.78 bits per heavy atom. The Labute approximate surface area is 189 Å². The lowest BCUT2D eigenvalue weighted by molar-refractivity contribution is 0.0919. The van der Waals surface area contributed by atoms with Gasteiger partial charge < -0.3 is 25.0 Å². The van der Waals surface area contributed by atoms with Gasteiger partial charge in [0.2, 0.25) is 0 Å². The van der Waals surface area contributed by atoms with Gasteiger partial charge in [0.05, 0.1) is 25.0 Å². The number of carbonyl (C=O) groups is 2. The second-order valence-corrected chi connectivity index (χ2v) is 7.93. The highest BCUT2D eigenvalue weighted by atomic mass is 16.5. The molecule has 1 aromatic carbocycles. The zero-order valence-corrected chi connectivity index (χ0v) is 19.1. The third-order valence-electron chi connectivity index (χ3n) is 5.20. The summed E-state index contributed by atoms with van der Waals surface area (Å²) in [6, 6.07) is 5.33. The lowest BCUT2D eigenvalue weighted by atomic mass is 10.0. The van der Waals surface area contributed by atoms with Crippen LogP contribution in [-0.2, 0) is 7.05 Å². The number of rotatable bonds is 9. The zero-order valence-electron chi connectivity index (χ0n) is 19.1. The van der Waals surface area contributed by atoms with E-state index in [0.717, 1.165) is 12.8 Å². The number of benzene rings is 1. The van der Waals surface area contributed by atoms with Crippen molar-refractivity contribution < 1.29 is 19.1 Å². The van der Waals surface area contributed by atoms with Gasteiger partial charge in [-0.1, -0.05) is 13.8 Å². The Balaban J connectivity index is 1.52. The number of carbonyl (C=O) groups excluding carboxylic acids is 2. The minimum Gasteiger partial charge on any atom is -0.490 e. The predicted molar refractivity (Wildman–Crippen MR) is 122 cm³/mol. The fourth-order valence-corrected chi connectivity index (χ4v) is 3.48. The Morgan fingerprint density at radius 1 is 1.09 bits per heavy atom. The number of aryl methyl sites for hydroxylation is 1. The smallest absolute Gasteiger partial charge is 0.321 e. The van der Waals surface area contributed by atoms with Crippen LogP contribution in [0.4, 0.5) is 10.5 Å². The molecule has 2 N–H and O–H groups in total. The fraction of sp³-hybridized carbons (Fsp3) is 0.522. The highest BCUT2D eigenvalue weighted by molar-refractivity contribution is 5.94. The van der Waals surface area contributed by atoms with Gasteiger partial charge in [0, 0.05) is 44.1 Å². The number of nitrogens with one attached hydrogen (secondary N) is 2. The van der Waals surface area contributed by atoms with Crippen LogP contribution in [0.2, 0.25) is 0 Å². The van der Waals surface area contributed by atoms with Crippen LogP contribution in [0.15, 0.2) is 30.6 Å². The second-order valence-electron chi connectivity index (χ2n) is 7.93. The number of piperidine rings is 1. The van der Waals surface area contributed by atoms with E-state index in [2.05, 4.69) is 22.7 Å². The first-order chi connectivity index (χ1) is 15.5. The summed E-state index contributed by atoms with van der Waals surface area (Å²) in [5.74, 6) is 1.18. The Hall–Kier alpha value is -3.23. The monoisotopic (exact) mass is 443 g/mol. The first kappa shape index (κ1) is 23.4. The molecule has 9 nitrogen and oxygen atoms in total. The summed E-state index contributed by atoms with van der Waals surface area (Å²) >= 11 is 0. The zero-order chi connectivity index (χ0) is 22.9. The van der Waals surface area contributed by atoms with Crippen LogP contribution in [0.5, 0.6) is 11.5 Å². The van der Waals surface area contributed by atoms with Crippen LogP contribution in [0.25, 0.3) is 0 Å². The van der Waals surface area contributed by atoms with Crippen molar-refractivity contribution >= 4 is 17.6 Å². The van der Waals surface area contributed by atoms with E-state index in [9.17, 15) is 9.59 Å². The molecule has 0 aliphatic carbocycles. The Morgan fingerprint density at radius 3 is 2.41 bits per heavy atom. The van der Waals surface area contributed by atoms with E-state index in [1.807, 2.05) is 19.1 Å². The third-order valence-corrected chi connectivity index (χ3v) is 5.20. The molecule has 0 atom stereocenters. The SMILES string of the molecule is CCCOc1ccc(NC(=O)N2CCC(NC(=O)c3cnn(C)c3)CC2)cc1OCCC. The molecule has 9 heteroatoms. The van der Waals surface area contributed by atoms with Gasteiger partial charge in [0.1, 0.15) is 0 Å². The molecule has 2 aromatic rings. The van der Waals surface area contributed by atoms with Crippen LogP contribution in [0.1, 0.15) is 49.9 Å². The summed E-state index contributed by atoms with van der Waals surface area (Å²) in [6.07, 6.45) is 6.44. The molecule has 1 aliphatic rings. The summed E-state index contributed by atoms with van der Waals surface area (Å²) in [7, 11) is 1.78. The molecule has 1 aliphatic heterocycles. The molecular formula is C23H33N5O4. The number of nitrogens with zero attached hydrogens (tertiary/aromatic N) is 3. The van der Waals surface area contributed by atoms with Crippen LogP contribution in [-0.4, -0.2) is 59.0 Å². The van der Waals surface area contributed by atoms with Gasteiger partial charge in [0.15, 0.2) is 11.5 Å². The minimum absolute atomic E-state index is 0.0378. The first-order valence-corrected chi connectivity index (χ1v) is 11.2. The van der Waals surface area contributed by atoms with Crippen LogP contribution >= 0.6 is 0 Å². The number of urea groups is 1. The van der Waals surface area contributed by atoms with Gasteiger partial charge >= 0.3 is 6.03 Å². The lowest BCUT2D eigenvalue weighted by Crippen LogP contribution is -2.47. The van der Waals surface area contributed by atoms with Gasteiger partial charge in [-0.05, 0) is 37.8 Å². The number of likely N-dealkylation sites (tertiary alicyclic amines) is 1. The molecule has 0 spiro atoms. The summed E-state index contributed by atoms with van der Waals surface area (Å²) in [4.78, 5) is 26.8. The van der Waals surface area contributed by atoms with Crippen LogP contribution < -0.4 is 20.1 Å². The molecular weight excluding hydrogens is 410 g/mol. The van der Waals surface area contributed by atoms with Crippen molar-refractivity contribution in [3.8, 4) is 11.5 Å². The molecule has 32 heavy (non-hydrogen) atoms. The Kier molecular flexibility index (Phi) is 8.35. The fourth-order valence-electron chi connectivity index (χ4n) is 3.48. The molecule has 1 aromatic heterocycles. The Bertz CT molecular complexity index is 906. The molecule has 1 fully saturated rings. The maximum Gasteiger partial charge on any atom is 0.321 e. The van der Waals surface area contributed by atoms with Crippen molar-refractivity contribution in [3.63, 3.8) is 0 Å². The van der Waals surface area contributed by atoms with Gasteiger partial charge in [-0.3, -0.25) is 9.48 Å². The van der Waals surface area contributed by atoms with E-state index in [4.69, 9.17) is 9.47 Å². The topological polar surface area (TPSA) is 97.7 Å². The van der Waals surface area contributed by atoms with Gasteiger partial charge in [0.25, 0.3) is 5.91 Å². The van der Waals surface area contributed by atoms with Gasteiger partial charge in [-0.15, -0.1) is 0 Å². The summed E-state index contributed by atoms with van der Waals surface area (Å²) in [5, 5.41) is 10.0. The second kappa shape index (κ2) is 11.4. The maximum absolute atomic E-state index is 12.7. The van der Waals surface area contributed by atoms with Gasteiger partial charge in [-0.25, -0.2) is 4.79 Å². The summed E-state index contributed by atoms with van der Waals surface area (Å²) in [6.45, 7) is 6.43. The number of aromatic nitrogens is 2. The molecule has 0 saturated carbocycles. The molecule has 0 unspecified atom stereocenters.